The Morgan fingerprint density at radius 2 is 2.06 bits per heavy atom. The first kappa shape index (κ1) is 11.4. The smallest absolute Gasteiger partial charge is 0.0139 e. The van der Waals surface area contributed by atoms with Gasteiger partial charge in [-0.2, -0.15) is 0 Å². The molecular weight excluding hydrogens is 194 g/mol. The van der Waals surface area contributed by atoms with E-state index in [1.807, 2.05) is 7.05 Å². The number of hydrogen-bond donors (Lipinski definition) is 1. The van der Waals surface area contributed by atoms with Gasteiger partial charge < -0.3 is 5.32 Å². The molecular formula is C15H21N. The normalized spacial score (nSPS) is 22.4. The maximum Gasteiger partial charge on any atom is 0.0139 e. The van der Waals surface area contributed by atoms with Gasteiger partial charge in [0.05, 0.1) is 0 Å². The molecule has 1 unspecified atom stereocenters. The number of benzene rings is 1. The summed E-state index contributed by atoms with van der Waals surface area (Å²) in [5.74, 6) is 0. The maximum absolute atomic E-state index is 3.23. The third kappa shape index (κ3) is 1.92. The van der Waals surface area contributed by atoms with E-state index in [0.29, 0.717) is 5.41 Å². The monoisotopic (exact) mass is 215 g/mol. The van der Waals surface area contributed by atoms with Crippen molar-refractivity contribution in [2.75, 3.05) is 13.6 Å². The predicted molar refractivity (Wildman–Crippen MR) is 70.6 cm³/mol. The standard InChI is InChI=1S/C15H21N/c1-3-15(10-6-12-16-2)11-9-13-7-4-5-8-14(13)15/h4-5,7-9,11,16H,3,6,10,12H2,1-2H3. The number of hydrogen-bond acceptors (Lipinski definition) is 1. The zero-order valence-corrected chi connectivity index (χ0v) is 10.3. The molecule has 1 aliphatic carbocycles. The van der Waals surface area contributed by atoms with E-state index in [-0.39, 0.29) is 0 Å². The summed E-state index contributed by atoms with van der Waals surface area (Å²) < 4.78 is 0. The van der Waals surface area contributed by atoms with E-state index < -0.39 is 0 Å². The van der Waals surface area contributed by atoms with E-state index in [2.05, 4.69) is 48.7 Å². The summed E-state index contributed by atoms with van der Waals surface area (Å²) in [4.78, 5) is 0. The SMILES string of the molecule is CCC1(CCCNC)C=Cc2ccccc21. The van der Waals surface area contributed by atoms with E-state index in [0.717, 1.165) is 6.54 Å². The van der Waals surface area contributed by atoms with Gasteiger partial charge >= 0.3 is 0 Å². The minimum absolute atomic E-state index is 0.299. The highest BCUT2D eigenvalue weighted by Gasteiger charge is 2.31. The van der Waals surface area contributed by atoms with E-state index >= 15 is 0 Å². The van der Waals surface area contributed by atoms with Crippen LogP contribution in [0.5, 0.6) is 0 Å². The van der Waals surface area contributed by atoms with Crippen molar-refractivity contribution in [3.05, 3.63) is 41.5 Å². The fraction of sp³-hybridized carbons (Fsp3) is 0.467. The lowest BCUT2D eigenvalue weighted by Gasteiger charge is -2.28. The van der Waals surface area contributed by atoms with Crippen molar-refractivity contribution in [2.45, 2.75) is 31.6 Å². The second-order valence-electron chi connectivity index (χ2n) is 4.64. The van der Waals surface area contributed by atoms with E-state index in [1.165, 1.54) is 30.4 Å². The van der Waals surface area contributed by atoms with Gasteiger partial charge in [0.2, 0.25) is 0 Å². The summed E-state index contributed by atoms with van der Waals surface area (Å²) in [5, 5.41) is 3.23. The fourth-order valence-corrected chi connectivity index (χ4v) is 2.72. The Bertz CT molecular complexity index is 381. The van der Waals surface area contributed by atoms with Crippen molar-refractivity contribution in [3.8, 4) is 0 Å². The summed E-state index contributed by atoms with van der Waals surface area (Å²) in [5.41, 5.74) is 3.23. The molecule has 0 saturated carbocycles. The Morgan fingerprint density at radius 1 is 1.25 bits per heavy atom. The molecule has 0 heterocycles. The molecule has 16 heavy (non-hydrogen) atoms. The summed E-state index contributed by atoms with van der Waals surface area (Å²) in [7, 11) is 2.02. The largest absolute Gasteiger partial charge is 0.320 e. The molecule has 1 heteroatoms. The zero-order chi connectivity index (χ0) is 11.4. The van der Waals surface area contributed by atoms with Crippen molar-refractivity contribution in [3.63, 3.8) is 0 Å². The number of fused-ring (bicyclic) bond motifs is 1. The maximum atomic E-state index is 3.23. The first-order valence-corrected chi connectivity index (χ1v) is 6.26. The number of rotatable bonds is 5. The van der Waals surface area contributed by atoms with Gasteiger partial charge in [-0.15, -0.1) is 0 Å². The molecule has 0 amide bonds. The van der Waals surface area contributed by atoms with E-state index in [4.69, 9.17) is 0 Å². The summed E-state index contributed by atoms with van der Waals surface area (Å²) in [6.07, 6.45) is 8.39. The van der Waals surface area contributed by atoms with Crippen molar-refractivity contribution in [2.24, 2.45) is 0 Å². The lowest BCUT2D eigenvalue weighted by molar-refractivity contribution is 0.458. The Balaban J connectivity index is 2.20. The molecule has 1 aliphatic rings. The summed E-state index contributed by atoms with van der Waals surface area (Å²) in [6.45, 7) is 3.41. The van der Waals surface area contributed by atoms with Crippen LogP contribution in [0, 0.1) is 0 Å². The second-order valence-corrected chi connectivity index (χ2v) is 4.64. The minimum atomic E-state index is 0.299. The number of allylic oxidation sites excluding steroid dienone is 1. The third-order valence-corrected chi connectivity index (χ3v) is 3.76. The molecule has 1 aromatic carbocycles. The van der Waals surface area contributed by atoms with Crippen LogP contribution in [-0.2, 0) is 5.41 Å². The molecule has 0 spiro atoms. The van der Waals surface area contributed by atoms with Gasteiger partial charge in [0.15, 0.2) is 0 Å². The van der Waals surface area contributed by atoms with Gasteiger partial charge in [-0.3, -0.25) is 0 Å². The highest BCUT2D eigenvalue weighted by atomic mass is 14.8. The van der Waals surface area contributed by atoms with Crippen LogP contribution >= 0.6 is 0 Å². The van der Waals surface area contributed by atoms with Gasteiger partial charge in [0.25, 0.3) is 0 Å². The Kier molecular flexibility index (Phi) is 3.45. The van der Waals surface area contributed by atoms with Crippen LogP contribution in [-0.4, -0.2) is 13.6 Å². The lowest BCUT2D eigenvalue weighted by Crippen LogP contribution is -2.22. The van der Waals surface area contributed by atoms with Crippen LogP contribution < -0.4 is 5.32 Å². The fourth-order valence-electron chi connectivity index (χ4n) is 2.72. The van der Waals surface area contributed by atoms with Gasteiger partial charge in [-0.05, 0) is 44.0 Å². The van der Waals surface area contributed by atoms with Crippen LogP contribution in [0.1, 0.15) is 37.3 Å². The molecule has 0 saturated heterocycles. The molecule has 0 fully saturated rings. The molecule has 1 N–H and O–H groups in total. The molecule has 1 atom stereocenters. The average molecular weight is 215 g/mol. The van der Waals surface area contributed by atoms with Crippen LogP contribution in [0.3, 0.4) is 0 Å². The third-order valence-electron chi connectivity index (χ3n) is 3.76. The van der Waals surface area contributed by atoms with Crippen molar-refractivity contribution in [1.82, 2.24) is 5.32 Å². The molecule has 0 aromatic heterocycles. The van der Waals surface area contributed by atoms with Gasteiger partial charge in [-0.1, -0.05) is 43.3 Å². The summed E-state index contributed by atoms with van der Waals surface area (Å²) >= 11 is 0. The Labute approximate surface area is 98.6 Å². The molecule has 0 aliphatic heterocycles. The van der Waals surface area contributed by atoms with E-state index in [1.54, 1.807) is 0 Å². The Morgan fingerprint density at radius 3 is 2.81 bits per heavy atom. The molecule has 2 rings (SSSR count). The van der Waals surface area contributed by atoms with Gasteiger partial charge in [-0.25, -0.2) is 0 Å². The molecule has 1 nitrogen and oxygen atoms in total. The highest BCUT2D eigenvalue weighted by Crippen LogP contribution is 2.41. The Hall–Kier alpha value is -1.08. The molecule has 0 bridgehead atoms. The topological polar surface area (TPSA) is 12.0 Å². The highest BCUT2D eigenvalue weighted by molar-refractivity contribution is 5.65. The van der Waals surface area contributed by atoms with Crippen LogP contribution in [0.2, 0.25) is 0 Å². The van der Waals surface area contributed by atoms with Crippen molar-refractivity contribution >= 4 is 6.08 Å². The second kappa shape index (κ2) is 4.84. The van der Waals surface area contributed by atoms with Crippen LogP contribution in [0.4, 0.5) is 0 Å². The quantitative estimate of drug-likeness (QED) is 0.743. The average Bonchev–Trinajstić information content (AvgIpc) is 2.70. The van der Waals surface area contributed by atoms with E-state index in [9.17, 15) is 0 Å². The van der Waals surface area contributed by atoms with Gasteiger partial charge in [0, 0.05) is 5.41 Å². The van der Waals surface area contributed by atoms with Gasteiger partial charge in [0.1, 0.15) is 0 Å². The summed E-state index contributed by atoms with van der Waals surface area (Å²) in [6, 6.07) is 8.80. The first-order chi connectivity index (χ1) is 7.82. The molecule has 1 aromatic rings. The molecule has 0 radical (unpaired) electrons. The van der Waals surface area contributed by atoms with Crippen LogP contribution in [0.25, 0.3) is 6.08 Å². The van der Waals surface area contributed by atoms with Crippen molar-refractivity contribution in [1.29, 1.82) is 0 Å². The van der Waals surface area contributed by atoms with Crippen LogP contribution in [0.15, 0.2) is 30.3 Å². The zero-order valence-electron chi connectivity index (χ0n) is 10.3. The van der Waals surface area contributed by atoms with Crippen molar-refractivity contribution < 1.29 is 0 Å². The lowest BCUT2D eigenvalue weighted by atomic mass is 9.76. The predicted octanol–water partition coefficient (Wildman–Crippen LogP) is 3.36. The minimum Gasteiger partial charge on any atom is -0.320 e. The molecule has 86 valence electrons. The number of nitrogens with one attached hydrogen (secondary N) is 1. The first-order valence-electron chi connectivity index (χ1n) is 6.26.